The van der Waals surface area contributed by atoms with E-state index in [2.05, 4.69) is 5.32 Å². The molecule has 3 rings (SSSR count). The van der Waals surface area contributed by atoms with Gasteiger partial charge in [0.25, 0.3) is 5.91 Å². The number of nitrogens with one attached hydrogen (secondary N) is 1. The average Bonchev–Trinajstić information content (AvgIpc) is 2.71. The first-order valence-electron chi connectivity index (χ1n) is 8.75. The monoisotopic (exact) mass is 415 g/mol. The largest absolute Gasteiger partial charge is 0.492 e. The van der Waals surface area contributed by atoms with Crippen molar-refractivity contribution in [2.24, 2.45) is 0 Å². The quantitative estimate of drug-likeness (QED) is 0.540. The second kappa shape index (κ2) is 9.11. The number of amides is 1. The molecule has 3 aromatic carbocycles. The third-order valence-corrected chi connectivity index (χ3v) is 4.70. The second-order valence-corrected chi connectivity index (χ2v) is 6.92. The van der Waals surface area contributed by atoms with Crippen LogP contribution < -0.4 is 10.1 Å². The molecule has 0 bridgehead atoms. The van der Waals surface area contributed by atoms with Gasteiger partial charge in [0.2, 0.25) is 0 Å². The van der Waals surface area contributed by atoms with Crippen LogP contribution in [0.15, 0.2) is 66.7 Å². The van der Waals surface area contributed by atoms with Gasteiger partial charge < -0.3 is 15.2 Å². The summed E-state index contributed by atoms with van der Waals surface area (Å²) in [6, 6.07) is 19.0. The summed E-state index contributed by atoms with van der Waals surface area (Å²) < 4.78 is 5.39. The van der Waals surface area contributed by atoms with Crippen molar-refractivity contribution < 1.29 is 14.6 Å². The average molecular weight is 416 g/mol. The topological polar surface area (TPSA) is 58.6 Å². The van der Waals surface area contributed by atoms with Crippen molar-refractivity contribution in [3.63, 3.8) is 0 Å². The molecule has 0 aliphatic rings. The van der Waals surface area contributed by atoms with Crippen LogP contribution in [-0.2, 0) is 0 Å². The number of rotatable bonds is 6. The molecule has 0 aliphatic carbocycles. The van der Waals surface area contributed by atoms with E-state index in [1.165, 1.54) is 0 Å². The Kier molecular flexibility index (Phi) is 6.57. The minimum atomic E-state index is -0.931. The molecule has 0 aliphatic heterocycles. The lowest BCUT2D eigenvalue weighted by Crippen LogP contribution is -2.15. The fraction of sp³-hybridized carbons (Fsp3) is 0.136. The van der Waals surface area contributed by atoms with Crippen molar-refractivity contribution in [3.8, 4) is 5.75 Å². The maximum atomic E-state index is 12.7. The van der Waals surface area contributed by atoms with Crippen LogP contribution >= 0.6 is 23.2 Å². The molecule has 0 spiro atoms. The molecule has 0 saturated carbocycles. The van der Waals surface area contributed by atoms with E-state index in [4.69, 9.17) is 27.9 Å². The minimum Gasteiger partial charge on any atom is -0.492 e. The number of carbonyl (C=O) groups is 1. The van der Waals surface area contributed by atoms with Crippen LogP contribution in [0.25, 0.3) is 0 Å². The van der Waals surface area contributed by atoms with E-state index in [1.54, 1.807) is 36.4 Å². The maximum absolute atomic E-state index is 12.7. The molecular formula is C22H19Cl2NO3. The lowest BCUT2D eigenvalue weighted by molar-refractivity contribution is 0.102. The first kappa shape index (κ1) is 20.2. The highest BCUT2D eigenvalue weighted by Crippen LogP contribution is 2.32. The molecule has 144 valence electrons. The van der Waals surface area contributed by atoms with Crippen LogP contribution in [0.3, 0.4) is 0 Å². The highest BCUT2D eigenvalue weighted by atomic mass is 35.5. The van der Waals surface area contributed by atoms with Crippen LogP contribution in [0, 0.1) is 0 Å². The zero-order chi connectivity index (χ0) is 20.1. The highest BCUT2D eigenvalue weighted by Gasteiger charge is 2.18. The maximum Gasteiger partial charge on any atom is 0.255 e. The summed E-state index contributed by atoms with van der Waals surface area (Å²) in [6.45, 7) is 2.34. The number of aliphatic hydroxyl groups excluding tert-OH is 1. The van der Waals surface area contributed by atoms with Crippen molar-refractivity contribution in [3.05, 3.63) is 93.5 Å². The predicted molar refractivity (Wildman–Crippen MR) is 113 cm³/mol. The number of aliphatic hydroxyl groups is 1. The summed E-state index contributed by atoms with van der Waals surface area (Å²) in [5.74, 6) is 0.168. The van der Waals surface area contributed by atoms with Gasteiger partial charge in [0.1, 0.15) is 11.9 Å². The molecule has 4 nitrogen and oxygen atoms in total. The van der Waals surface area contributed by atoms with Gasteiger partial charge in [-0.05, 0) is 48.9 Å². The van der Waals surface area contributed by atoms with Crippen LogP contribution in [-0.4, -0.2) is 17.6 Å². The van der Waals surface area contributed by atoms with Crippen LogP contribution in [0.1, 0.15) is 34.5 Å². The Balaban J connectivity index is 1.88. The van der Waals surface area contributed by atoms with E-state index >= 15 is 0 Å². The summed E-state index contributed by atoms with van der Waals surface area (Å²) in [5.41, 5.74) is 2.05. The number of halogens is 2. The summed E-state index contributed by atoms with van der Waals surface area (Å²) in [4.78, 5) is 12.7. The summed E-state index contributed by atoms with van der Waals surface area (Å²) in [6.07, 6.45) is -0.931. The van der Waals surface area contributed by atoms with Crippen molar-refractivity contribution >= 4 is 34.8 Å². The Morgan fingerprint density at radius 3 is 2.50 bits per heavy atom. The van der Waals surface area contributed by atoms with Crippen molar-refractivity contribution in [2.75, 3.05) is 11.9 Å². The zero-order valence-corrected chi connectivity index (χ0v) is 16.7. The van der Waals surface area contributed by atoms with Gasteiger partial charge in [0.15, 0.2) is 0 Å². The molecule has 0 heterocycles. The predicted octanol–water partition coefficient (Wildman–Crippen LogP) is 5.73. The van der Waals surface area contributed by atoms with Crippen LogP contribution in [0.4, 0.5) is 5.69 Å². The number of benzene rings is 3. The molecule has 0 radical (unpaired) electrons. The van der Waals surface area contributed by atoms with Gasteiger partial charge in [-0.25, -0.2) is 0 Å². The number of hydrogen-bond acceptors (Lipinski definition) is 3. The Morgan fingerprint density at radius 2 is 1.82 bits per heavy atom. The number of ether oxygens (including phenoxy) is 1. The van der Waals surface area contributed by atoms with Crippen molar-refractivity contribution in [1.82, 2.24) is 0 Å². The first-order valence-corrected chi connectivity index (χ1v) is 9.51. The third kappa shape index (κ3) is 4.65. The van der Waals surface area contributed by atoms with Gasteiger partial charge in [-0.1, -0.05) is 53.5 Å². The molecule has 6 heteroatoms. The van der Waals surface area contributed by atoms with Crippen LogP contribution in [0.5, 0.6) is 5.75 Å². The van der Waals surface area contributed by atoms with Crippen LogP contribution in [0.2, 0.25) is 10.0 Å². The fourth-order valence-electron chi connectivity index (χ4n) is 2.80. The summed E-state index contributed by atoms with van der Waals surface area (Å²) in [7, 11) is 0. The number of anilines is 1. The molecule has 0 fully saturated rings. The van der Waals surface area contributed by atoms with E-state index in [-0.39, 0.29) is 5.91 Å². The van der Waals surface area contributed by atoms with E-state index in [0.717, 1.165) is 0 Å². The Hall–Kier alpha value is -2.53. The Morgan fingerprint density at radius 1 is 1.07 bits per heavy atom. The number of hydrogen-bond donors (Lipinski definition) is 2. The summed E-state index contributed by atoms with van der Waals surface area (Å²) >= 11 is 12.3. The molecule has 1 amide bonds. The van der Waals surface area contributed by atoms with Crippen molar-refractivity contribution in [1.29, 1.82) is 0 Å². The molecule has 1 atom stereocenters. The lowest BCUT2D eigenvalue weighted by Gasteiger charge is -2.17. The van der Waals surface area contributed by atoms with Gasteiger partial charge in [0, 0.05) is 21.8 Å². The smallest absolute Gasteiger partial charge is 0.255 e. The third-order valence-electron chi connectivity index (χ3n) is 4.17. The fourth-order valence-corrected chi connectivity index (χ4v) is 3.21. The molecule has 28 heavy (non-hydrogen) atoms. The van der Waals surface area contributed by atoms with E-state index in [1.807, 2.05) is 37.3 Å². The molecular weight excluding hydrogens is 397 g/mol. The molecule has 0 aromatic heterocycles. The van der Waals surface area contributed by atoms with E-state index in [0.29, 0.717) is 44.8 Å². The van der Waals surface area contributed by atoms with Gasteiger partial charge in [0.05, 0.1) is 11.6 Å². The summed E-state index contributed by atoms with van der Waals surface area (Å²) in [5, 5.41) is 14.4. The molecule has 0 saturated heterocycles. The van der Waals surface area contributed by atoms with Gasteiger partial charge in [-0.2, -0.15) is 0 Å². The lowest BCUT2D eigenvalue weighted by atomic mass is 9.99. The van der Waals surface area contributed by atoms with Gasteiger partial charge >= 0.3 is 0 Å². The SMILES string of the molecule is CCOc1ccc(C(=O)Nc2ccc(Cl)cc2[C@H](O)c2ccccc2)cc1Cl. The molecule has 0 unspecified atom stereocenters. The van der Waals surface area contributed by atoms with Gasteiger partial charge in [-0.3, -0.25) is 4.79 Å². The minimum absolute atomic E-state index is 0.353. The zero-order valence-electron chi connectivity index (χ0n) is 15.2. The second-order valence-electron chi connectivity index (χ2n) is 6.08. The standard InChI is InChI=1S/C22H19Cl2NO3/c1-2-28-20-11-8-15(12-18(20)24)22(27)25-19-10-9-16(23)13-17(19)21(26)14-6-4-3-5-7-14/h3-13,21,26H,2H2,1H3,(H,25,27)/t21-/m1/s1. The number of carbonyl (C=O) groups excluding carboxylic acids is 1. The highest BCUT2D eigenvalue weighted by molar-refractivity contribution is 6.32. The Bertz CT molecular complexity index is 977. The Labute approximate surface area is 173 Å². The van der Waals surface area contributed by atoms with Gasteiger partial charge in [-0.15, -0.1) is 0 Å². The first-order chi connectivity index (χ1) is 13.5. The normalized spacial score (nSPS) is 11.7. The van der Waals surface area contributed by atoms with E-state index in [9.17, 15) is 9.90 Å². The molecule has 2 N–H and O–H groups in total. The van der Waals surface area contributed by atoms with E-state index < -0.39 is 6.10 Å². The molecule has 3 aromatic rings. The van der Waals surface area contributed by atoms with Crippen molar-refractivity contribution in [2.45, 2.75) is 13.0 Å².